The third-order valence-corrected chi connectivity index (χ3v) is 8.63. The van der Waals surface area contributed by atoms with E-state index in [9.17, 15) is 21.9 Å². The van der Waals surface area contributed by atoms with Gasteiger partial charge in [-0.1, -0.05) is 26.8 Å². The van der Waals surface area contributed by atoms with Gasteiger partial charge in [-0.25, -0.2) is 12.7 Å². The van der Waals surface area contributed by atoms with Crippen LogP contribution in [0.25, 0.3) is 0 Å². The van der Waals surface area contributed by atoms with Crippen LogP contribution in [0.3, 0.4) is 0 Å². The molecule has 1 unspecified atom stereocenters. The number of hydrogen-bond acceptors (Lipinski definition) is 8. The van der Waals surface area contributed by atoms with E-state index >= 15 is 0 Å². The van der Waals surface area contributed by atoms with Crippen LogP contribution in [0, 0.1) is 5.41 Å². The molecular formula is C22H33N5O6S2. The number of anilines is 1. The minimum absolute atomic E-state index is 0.0425. The largest absolute Gasteiger partial charge is 0.504 e. The van der Waals surface area contributed by atoms with Crippen LogP contribution >= 0.6 is 0 Å². The summed E-state index contributed by atoms with van der Waals surface area (Å²) in [5.74, 6) is -0.496. The molecule has 2 aliphatic heterocycles. The predicted molar refractivity (Wildman–Crippen MR) is 135 cm³/mol. The first-order valence-electron chi connectivity index (χ1n) is 10.9. The number of phenols is 1. The zero-order valence-corrected chi connectivity index (χ0v) is 22.8. The molecule has 13 heteroatoms. The van der Waals surface area contributed by atoms with Gasteiger partial charge in [0.1, 0.15) is 11.0 Å². The van der Waals surface area contributed by atoms with E-state index in [1.807, 2.05) is 27.7 Å². The van der Waals surface area contributed by atoms with E-state index in [1.165, 1.54) is 44.2 Å². The van der Waals surface area contributed by atoms with Gasteiger partial charge in [0, 0.05) is 34.6 Å². The van der Waals surface area contributed by atoms with Crippen molar-refractivity contribution < 1.29 is 26.7 Å². The van der Waals surface area contributed by atoms with E-state index < -0.39 is 26.0 Å². The maximum absolute atomic E-state index is 12.7. The summed E-state index contributed by atoms with van der Waals surface area (Å²) >= 11 is 0. The van der Waals surface area contributed by atoms with Gasteiger partial charge in [0.25, 0.3) is 0 Å². The number of hydrogen-bond donors (Lipinski definition) is 1. The van der Waals surface area contributed by atoms with Crippen LogP contribution in [0.4, 0.5) is 5.69 Å². The van der Waals surface area contributed by atoms with Gasteiger partial charge in [-0.2, -0.15) is 8.42 Å². The molecule has 0 aliphatic carbocycles. The molecule has 0 aromatic heterocycles. The highest BCUT2D eigenvalue weighted by Crippen LogP contribution is 2.37. The number of likely N-dealkylation sites (N-methyl/N-ethyl adjacent to an activating group) is 2. The lowest BCUT2D eigenvalue weighted by Gasteiger charge is -2.42. The van der Waals surface area contributed by atoms with Crippen molar-refractivity contribution in [1.82, 2.24) is 9.21 Å². The Kier molecular flexibility index (Phi) is 7.01. The van der Waals surface area contributed by atoms with E-state index in [0.29, 0.717) is 6.42 Å². The molecule has 0 amide bonds. The number of sulfonamides is 1. The molecule has 0 saturated carbocycles. The molecule has 1 N–H and O–H groups in total. The standard InChI is InChI=1S/C22H33N5O6S2/c1-14-12-16(33-13-14)19(22(2,3)4)27(8)21-20(23-35(31,32)24-21)26(7)15-10-9-11-17(18(15)28)34(29,30)25(5)6/h9-11,13,16,19,28H,12H2,1-8H3/t16?,19-/m0/s1. The van der Waals surface area contributed by atoms with Crippen molar-refractivity contribution in [3.05, 3.63) is 30.0 Å². The second-order valence-corrected chi connectivity index (χ2v) is 13.4. The molecule has 2 heterocycles. The minimum Gasteiger partial charge on any atom is -0.504 e. The summed E-state index contributed by atoms with van der Waals surface area (Å²) in [7, 11) is -2.22. The molecule has 35 heavy (non-hydrogen) atoms. The van der Waals surface area contributed by atoms with Gasteiger partial charge in [0.05, 0.1) is 18.0 Å². The third-order valence-electron chi connectivity index (χ3n) is 5.98. The summed E-state index contributed by atoms with van der Waals surface area (Å²) in [5.41, 5.74) is 0.804. The van der Waals surface area contributed by atoms with Crippen molar-refractivity contribution in [2.45, 2.75) is 51.2 Å². The number of amidine groups is 2. The summed E-state index contributed by atoms with van der Waals surface area (Å²) in [4.78, 5) is 2.74. The molecule has 2 aliphatic rings. The Balaban J connectivity index is 2.07. The van der Waals surface area contributed by atoms with Crippen LogP contribution in [-0.2, 0) is 25.0 Å². The Morgan fingerprint density at radius 1 is 1.11 bits per heavy atom. The average molecular weight is 528 g/mol. The van der Waals surface area contributed by atoms with Gasteiger partial charge in [-0.05, 0) is 30.0 Å². The van der Waals surface area contributed by atoms with Crippen LogP contribution in [0.2, 0.25) is 0 Å². The first-order valence-corrected chi connectivity index (χ1v) is 13.8. The maximum atomic E-state index is 12.7. The van der Waals surface area contributed by atoms with Crippen molar-refractivity contribution >= 4 is 37.6 Å². The zero-order valence-electron chi connectivity index (χ0n) is 21.2. The van der Waals surface area contributed by atoms with E-state index in [2.05, 4.69) is 8.80 Å². The summed E-state index contributed by atoms with van der Waals surface area (Å²) in [6, 6.07) is 3.93. The Morgan fingerprint density at radius 3 is 2.23 bits per heavy atom. The quantitative estimate of drug-likeness (QED) is 0.616. The van der Waals surface area contributed by atoms with Gasteiger partial charge < -0.3 is 19.6 Å². The normalized spacial score (nSPS) is 20.7. The van der Waals surface area contributed by atoms with Crippen molar-refractivity contribution in [3.63, 3.8) is 0 Å². The molecule has 0 spiro atoms. The van der Waals surface area contributed by atoms with E-state index in [4.69, 9.17) is 4.74 Å². The fraction of sp³-hybridized carbons (Fsp3) is 0.545. The van der Waals surface area contributed by atoms with E-state index in [0.717, 1.165) is 9.88 Å². The average Bonchev–Trinajstić information content (AvgIpc) is 3.28. The molecule has 1 aromatic carbocycles. The highest BCUT2D eigenvalue weighted by atomic mass is 32.2. The first-order chi connectivity index (χ1) is 16.0. The molecule has 0 saturated heterocycles. The highest BCUT2D eigenvalue weighted by Gasteiger charge is 2.43. The minimum atomic E-state index is -4.19. The fourth-order valence-corrected chi connectivity index (χ4v) is 6.26. The zero-order chi connectivity index (χ0) is 26.5. The number of para-hydroxylation sites is 1. The van der Waals surface area contributed by atoms with Crippen LogP contribution in [0.1, 0.15) is 34.1 Å². The smallest absolute Gasteiger partial charge is 0.367 e. The van der Waals surface area contributed by atoms with Crippen molar-refractivity contribution in [1.29, 1.82) is 0 Å². The Morgan fingerprint density at radius 2 is 1.71 bits per heavy atom. The number of rotatable bonds is 5. The molecule has 194 valence electrons. The maximum Gasteiger partial charge on any atom is 0.367 e. The van der Waals surface area contributed by atoms with Crippen molar-refractivity contribution in [3.8, 4) is 5.75 Å². The van der Waals surface area contributed by atoms with Crippen LogP contribution < -0.4 is 4.90 Å². The van der Waals surface area contributed by atoms with Gasteiger partial charge in [0.2, 0.25) is 10.0 Å². The van der Waals surface area contributed by atoms with Crippen molar-refractivity contribution in [2.24, 2.45) is 14.2 Å². The summed E-state index contributed by atoms with van der Waals surface area (Å²) < 4.78 is 64.9. The van der Waals surface area contributed by atoms with Gasteiger partial charge in [0.15, 0.2) is 17.4 Å². The van der Waals surface area contributed by atoms with E-state index in [1.54, 1.807) is 18.2 Å². The lowest BCUT2D eigenvalue weighted by molar-refractivity contribution is 0.0359. The van der Waals surface area contributed by atoms with Crippen LogP contribution in [-0.4, -0.2) is 83.2 Å². The fourth-order valence-electron chi connectivity index (χ4n) is 4.38. The molecule has 3 rings (SSSR count). The predicted octanol–water partition coefficient (Wildman–Crippen LogP) is 2.17. The van der Waals surface area contributed by atoms with E-state index in [-0.39, 0.29) is 39.8 Å². The molecule has 11 nitrogen and oxygen atoms in total. The SMILES string of the molecule is CC1=COC([C@H](N(C)C2=NS(=O)(=O)N=C2N(C)c2cccc(S(=O)(=O)N(C)C)c2O)C(C)(C)C)C1. The molecule has 1 aromatic rings. The Hall–Kier alpha value is -2.64. The molecular weight excluding hydrogens is 494 g/mol. The lowest BCUT2D eigenvalue weighted by Crippen LogP contribution is -2.55. The monoisotopic (exact) mass is 527 g/mol. The molecule has 2 atom stereocenters. The Bertz CT molecular complexity index is 1310. The van der Waals surface area contributed by atoms with Crippen LogP contribution in [0.5, 0.6) is 5.75 Å². The second kappa shape index (κ2) is 9.10. The number of phenolic OH excluding ortho intramolecular Hbond substituents is 1. The molecule has 0 fully saturated rings. The molecule has 0 radical (unpaired) electrons. The number of ether oxygens (including phenoxy) is 1. The number of benzene rings is 1. The van der Waals surface area contributed by atoms with Gasteiger partial charge in [-0.15, -0.1) is 8.80 Å². The lowest BCUT2D eigenvalue weighted by atomic mass is 9.81. The van der Waals surface area contributed by atoms with Crippen molar-refractivity contribution in [2.75, 3.05) is 33.1 Å². The number of aromatic hydroxyl groups is 1. The number of nitrogens with zero attached hydrogens (tertiary/aromatic N) is 5. The second-order valence-electron chi connectivity index (χ2n) is 10.0. The van der Waals surface area contributed by atoms with Gasteiger partial charge in [-0.3, -0.25) is 0 Å². The molecule has 0 bridgehead atoms. The topological polar surface area (TPSA) is 132 Å². The summed E-state index contributed by atoms with van der Waals surface area (Å²) in [6.07, 6.45) is 2.15. The third kappa shape index (κ3) is 5.16. The highest BCUT2D eigenvalue weighted by molar-refractivity contribution is 7.89. The Labute approximate surface area is 207 Å². The summed E-state index contributed by atoms with van der Waals surface area (Å²) in [5, 5.41) is 10.9. The van der Waals surface area contributed by atoms with Crippen LogP contribution in [0.15, 0.2) is 43.7 Å². The first kappa shape index (κ1) is 27.0. The van der Waals surface area contributed by atoms with Gasteiger partial charge >= 0.3 is 10.2 Å². The summed E-state index contributed by atoms with van der Waals surface area (Å²) in [6.45, 7) is 8.04.